The van der Waals surface area contributed by atoms with Gasteiger partial charge in [0.15, 0.2) is 17.4 Å². The van der Waals surface area contributed by atoms with Gasteiger partial charge >= 0.3 is 5.97 Å². The van der Waals surface area contributed by atoms with Crippen molar-refractivity contribution < 1.29 is 23.4 Å². The van der Waals surface area contributed by atoms with Crippen molar-refractivity contribution in [1.29, 1.82) is 0 Å². The van der Waals surface area contributed by atoms with Crippen molar-refractivity contribution in [2.24, 2.45) is 31.9 Å². The van der Waals surface area contributed by atoms with Gasteiger partial charge in [0, 0.05) is 72.5 Å². The first kappa shape index (κ1) is 36.0. The maximum atomic E-state index is 15.7. The van der Waals surface area contributed by atoms with Gasteiger partial charge in [0.05, 0.1) is 5.56 Å². The maximum absolute atomic E-state index is 15.7. The van der Waals surface area contributed by atoms with Gasteiger partial charge in [-0.15, -0.1) is 0 Å². The number of H-pyrrole nitrogens is 1. The van der Waals surface area contributed by atoms with Crippen LogP contribution < -0.4 is 16.2 Å². The molecule has 3 aromatic carbocycles. The average molecular weight is 683 g/mol. The number of ether oxygens (including phenoxy) is 1. The van der Waals surface area contributed by atoms with Crippen LogP contribution in [-0.2, 0) is 23.1 Å². The van der Waals surface area contributed by atoms with E-state index in [1.165, 1.54) is 31.3 Å². The number of aromatic amines is 1. The second-order valence-corrected chi connectivity index (χ2v) is 13.7. The van der Waals surface area contributed by atoms with Gasteiger partial charge in [0.2, 0.25) is 0 Å². The highest BCUT2D eigenvalue weighted by Gasteiger charge is 2.34. The number of carboxylic acids is 1. The number of nitrogens with two attached hydrogens (primary N) is 2. The van der Waals surface area contributed by atoms with Gasteiger partial charge in [-0.05, 0) is 79.5 Å². The fourth-order valence-corrected chi connectivity index (χ4v) is 6.14. The van der Waals surface area contributed by atoms with E-state index in [1.807, 2.05) is 37.3 Å². The van der Waals surface area contributed by atoms with E-state index in [9.17, 15) is 9.90 Å². The molecule has 0 saturated carbocycles. The summed E-state index contributed by atoms with van der Waals surface area (Å²) in [4.78, 5) is 28.0. The third kappa shape index (κ3) is 8.27. The van der Waals surface area contributed by atoms with Gasteiger partial charge in [-0.3, -0.25) is 14.8 Å². The Balaban J connectivity index is 1.64. The Morgan fingerprint density at radius 2 is 1.84 bits per heavy atom. The number of allylic oxidation sites excluding steroid dienone is 2. The molecule has 1 aliphatic heterocycles. The van der Waals surface area contributed by atoms with Crippen LogP contribution in [0.3, 0.4) is 0 Å². The monoisotopic (exact) mass is 682 g/mol. The van der Waals surface area contributed by atoms with Crippen LogP contribution in [-0.4, -0.2) is 47.5 Å². The van der Waals surface area contributed by atoms with E-state index in [0.29, 0.717) is 36.2 Å². The number of halogens is 2. The molecule has 0 saturated heterocycles. The lowest BCUT2D eigenvalue weighted by molar-refractivity contribution is -0.136. The normalized spacial score (nSPS) is 20.7. The van der Waals surface area contributed by atoms with Crippen LogP contribution in [0.25, 0.3) is 10.9 Å². The SMILES string of the molecule is CN=C1N=C(N)C(C)(c2cccc(CCC(=O)O)c2)CCC(C)(C)CCN=C/C=C(\N)Cc2c(c(F)cc3[nH]ccc23)Oc2ccc(F)c1c2. The number of rotatable bonds is 4. The molecule has 0 amide bonds. The molecule has 1 aromatic heterocycles. The Kier molecular flexibility index (Phi) is 10.8. The number of aliphatic imine (C=N–C) groups is 3. The summed E-state index contributed by atoms with van der Waals surface area (Å²) in [5.41, 5.74) is 15.6. The number of benzene rings is 3. The van der Waals surface area contributed by atoms with Crippen LogP contribution in [0.5, 0.6) is 11.5 Å². The number of hydrogen-bond acceptors (Lipinski definition) is 6. The van der Waals surface area contributed by atoms with E-state index in [0.717, 1.165) is 29.4 Å². The molecule has 1 atom stereocenters. The third-order valence-corrected chi connectivity index (χ3v) is 9.45. The Hall–Kier alpha value is -5.32. The number of aliphatic carboxylic acids is 1. The predicted octanol–water partition coefficient (Wildman–Crippen LogP) is 7.61. The molecular formula is C39H44F2N6O3. The number of nitrogens with zero attached hydrogens (tertiary/aromatic N) is 3. The van der Waals surface area contributed by atoms with Crippen molar-refractivity contribution in [3.8, 4) is 11.5 Å². The van der Waals surface area contributed by atoms with E-state index < -0.39 is 23.0 Å². The Bertz CT molecular complexity index is 2010. The molecule has 2 heterocycles. The number of amidine groups is 2. The lowest BCUT2D eigenvalue weighted by atomic mass is 9.72. The maximum Gasteiger partial charge on any atom is 0.303 e. The van der Waals surface area contributed by atoms with E-state index in [-0.39, 0.29) is 47.0 Å². The van der Waals surface area contributed by atoms with Crippen molar-refractivity contribution in [2.75, 3.05) is 13.6 Å². The predicted molar refractivity (Wildman–Crippen MR) is 196 cm³/mol. The molecule has 50 heavy (non-hydrogen) atoms. The Morgan fingerprint density at radius 3 is 2.60 bits per heavy atom. The highest BCUT2D eigenvalue weighted by molar-refractivity contribution is 6.09. The fourth-order valence-electron chi connectivity index (χ4n) is 6.14. The number of carbonyl (C=O) groups is 1. The standard InChI is InChI=1S/C39H44F2N6O3/c1-38(2)14-15-39(3,25-7-5-6-24(20-25)8-11-34(48)49)37(43)47-36(44-4)30-22-27(9-10-31(30)40)50-35-29(21-26(42)12-17-45-19-16-38)28-13-18-46-33(28)23-32(35)41/h5-7,9-10,12-13,17-18,20,22-23,46H,8,11,14-16,19,21,42H2,1-4H3,(H,48,49)(H2,43,44,47)/b26-12-,45-17?. The summed E-state index contributed by atoms with van der Waals surface area (Å²) < 4.78 is 37.4. The summed E-state index contributed by atoms with van der Waals surface area (Å²) in [6.45, 7) is 6.88. The second kappa shape index (κ2) is 15.1. The van der Waals surface area contributed by atoms with E-state index in [1.54, 1.807) is 18.5 Å². The van der Waals surface area contributed by atoms with Crippen LogP contribution >= 0.6 is 0 Å². The average Bonchev–Trinajstić information content (AvgIpc) is 3.55. The van der Waals surface area contributed by atoms with Crippen LogP contribution in [0.2, 0.25) is 0 Å². The second-order valence-electron chi connectivity index (χ2n) is 13.7. The van der Waals surface area contributed by atoms with Gasteiger partial charge in [0.1, 0.15) is 17.4 Å². The zero-order valence-corrected chi connectivity index (χ0v) is 28.9. The van der Waals surface area contributed by atoms with E-state index >= 15 is 8.78 Å². The van der Waals surface area contributed by atoms with Crippen molar-refractivity contribution in [1.82, 2.24) is 4.98 Å². The Labute approximate surface area is 290 Å². The molecule has 1 unspecified atom stereocenters. The molecule has 0 spiro atoms. The molecule has 0 aliphatic carbocycles. The Morgan fingerprint density at radius 1 is 1.04 bits per heavy atom. The minimum Gasteiger partial charge on any atom is -0.481 e. The van der Waals surface area contributed by atoms with E-state index in [4.69, 9.17) is 21.2 Å². The first-order valence-electron chi connectivity index (χ1n) is 16.6. The molecule has 262 valence electrons. The lowest BCUT2D eigenvalue weighted by Crippen LogP contribution is -2.40. The minimum absolute atomic E-state index is 0.00705. The van der Waals surface area contributed by atoms with Crippen LogP contribution in [0.1, 0.15) is 68.7 Å². The number of carboxylic acid groups (broad SMARTS) is 1. The first-order chi connectivity index (χ1) is 23.8. The molecule has 5 rings (SSSR count). The fraction of sp³-hybridized carbons (Fsp3) is 0.333. The first-order valence-corrected chi connectivity index (χ1v) is 16.6. The van der Waals surface area contributed by atoms with Gasteiger partial charge < -0.3 is 26.3 Å². The topological polar surface area (TPSA) is 151 Å². The van der Waals surface area contributed by atoms with Crippen LogP contribution in [0.4, 0.5) is 8.78 Å². The quantitative estimate of drug-likeness (QED) is 0.175. The largest absolute Gasteiger partial charge is 0.481 e. The molecule has 6 N–H and O–H groups in total. The zero-order chi connectivity index (χ0) is 36.1. The molecule has 2 bridgehead atoms. The van der Waals surface area contributed by atoms with E-state index in [2.05, 4.69) is 28.8 Å². The van der Waals surface area contributed by atoms with Crippen molar-refractivity contribution in [2.45, 2.75) is 64.7 Å². The lowest BCUT2D eigenvalue weighted by Gasteiger charge is -2.34. The number of hydrogen-bond donors (Lipinski definition) is 4. The molecular weight excluding hydrogens is 638 g/mol. The molecule has 4 aromatic rings. The molecule has 0 radical (unpaired) electrons. The summed E-state index contributed by atoms with van der Waals surface area (Å²) in [6, 6.07) is 14.9. The summed E-state index contributed by atoms with van der Waals surface area (Å²) in [5, 5.41) is 10.0. The summed E-state index contributed by atoms with van der Waals surface area (Å²) in [7, 11) is 1.50. The molecule has 11 heteroatoms. The highest BCUT2D eigenvalue weighted by Crippen LogP contribution is 2.38. The third-order valence-electron chi connectivity index (χ3n) is 9.45. The van der Waals surface area contributed by atoms with Gasteiger partial charge in [-0.1, -0.05) is 38.1 Å². The van der Waals surface area contributed by atoms with Gasteiger partial charge in [-0.2, -0.15) is 0 Å². The van der Waals surface area contributed by atoms with Crippen molar-refractivity contribution >= 4 is 34.8 Å². The molecule has 1 aliphatic rings. The van der Waals surface area contributed by atoms with Crippen molar-refractivity contribution in [3.05, 3.63) is 106 Å². The van der Waals surface area contributed by atoms with Crippen LogP contribution in [0, 0.1) is 17.0 Å². The number of fused-ring (bicyclic) bond motifs is 5. The summed E-state index contributed by atoms with van der Waals surface area (Å²) in [6.07, 6.45) is 7.74. The summed E-state index contributed by atoms with van der Waals surface area (Å²) in [5.74, 6) is -1.71. The molecule has 9 nitrogen and oxygen atoms in total. The van der Waals surface area contributed by atoms with Gasteiger partial charge in [0.25, 0.3) is 0 Å². The molecule has 0 fully saturated rings. The smallest absolute Gasteiger partial charge is 0.303 e. The summed E-state index contributed by atoms with van der Waals surface area (Å²) >= 11 is 0. The van der Waals surface area contributed by atoms with Gasteiger partial charge in [-0.25, -0.2) is 13.8 Å². The minimum atomic E-state index is -0.881. The highest BCUT2D eigenvalue weighted by atomic mass is 19.1. The van der Waals surface area contributed by atoms with Crippen molar-refractivity contribution in [3.63, 3.8) is 0 Å². The number of aryl methyl sites for hydroxylation is 1. The number of aromatic nitrogens is 1. The zero-order valence-electron chi connectivity index (χ0n) is 28.9. The number of nitrogens with one attached hydrogen (secondary N) is 1. The van der Waals surface area contributed by atoms with Crippen LogP contribution in [0.15, 0.2) is 87.5 Å².